The van der Waals surface area contributed by atoms with Crippen molar-refractivity contribution in [1.29, 1.82) is 0 Å². The summed E-state index contributed by atoms with van der Waals surface area (Å²) in [5.74, 6) is 1.54. The molecule has 0 saturated heterocycles. The predicted octanol–water partition coefficient (Wildman–Crippen LogP) is 5.09. The molecule has 0 aliphatic rings. The van der Waals surface area contributed by atoms with Crippen LogP contribution in [0.15, 0.2) is 84.9 Å². The van der Waals surface area contributed by atoms with Gasteiger partial charge in [0.1, 0.15) is 11.8 Å². The van der Waals surface area contributed by atoms with Crippen molar-refractivity contribution in [2.24, 2.45) is 0 Å². The summed E-state index contributed by atoms with van der Waals surface area (Å²) in [5.41, 5.74) is 3.10. The number of carbonyl (C=O) groups is 2. The number of carbonyl (C=O) groups excluding carboxylic acids is 2. The summed E-state index contributed by atoms with van der Waals surface area (Å²) in [6.45, 7) is 4.19. The van der Waals surface area contributed by atoms with Crippen LogP contribution in [0.3, 0.4) is 0 Å². The highest BCUT2D eigenvalue weighted by Crippen LogP contribution is 2.20. The molecular weight excluding hydrogens is 456 g/mol. The van der Waals surface area contributed by atoms with Gasteiger partial charge in [0.05, 0.1) is 12.9 Å². The van der Waals surface area contributed by atoms with Crippen molar-refractivity contribution < 1.29 is 14.3 Å². The second-order valence-electron chi connectivity index (χ2n) is 8.72. The van der Waals surface area contributed by atoms with E-state index >= 15 is 0 Å². The molecule has 6 heteroatoms. The van der Waals surface area contributed by atoms with Crippen LogP contribution in [0.1, 0.15) is 30.5 Å². The quantitative estimate of drug-likeness (QED) is 0.384. The van der Waals surface area contributed by atoms with Crippen LogP contribution in [-0.2, 0) is 28.3 Å². The molecule has 2 amide bonds. The Hall–Kier alpha value is -3.25. The Labute approximate surface area is 212 Å². The molecule has 1 atom stereocenters. The minimum absolute atomic E-state index is 0.0259. The lowest BCUT2D eigenvalue weighted by molar-refractivity contribution is -0.139. The van der Waals surface area contributed by atoms with E-state index in [1.807, 2.05) is 86.6 Å². The Kier molecular flexibility index (Phi) is 10.2. The Morgan fingerprint density at radius 2 is 1.51 bits per heavy atom. The van der Waals surface area contributed by atoms with Gasteiger partial charge in [0.25, 0.3) is 0 Å². The highest BCUT2D eigenvalue weighted by Gasteiger charge is 2.30. The molecule has 0 aliphatic heterocycles. The van der Waals surface area contributed by atoms with Crippen molar-refractivity contribution in [1.82, 2.24) is 10.2 Å². The molecule has 35 heavy (non-hydrogen) atoms. The maximum absolute atomic E-state index is 13.6. The van der Waals surface area contributed by atoms with Gasteiger partial charge in [0, 0.05) is 24.8 Å². The van der Waals surface area contributed by atoms with E-state index in [2.05, 4.69) is 17.4 Å². The number of hydrogen-bond acceptors (Lipinski definition) is 4. The molecule has 5 nitrogen and oxygen atoms in total. The molecule has 3 aromatic rings. The Bertz CT molecular complexity index is 1070. The maximum Gasteiger partial charge on any atom is 0.243 e. The molecule has 0 fully saturated rings. The third-order valence-electron chi connectivity index (χ3n) is 5.53. The van der Waals surface area contributed by atoms with E-state index in [4.69, 9.17) is 4.74 Å². The van der Waals surface area contributed by atoms with Gasteiger partial charge in [0.2, 0.25) is 11.8 Å². The molecule has 0 saturated carbocycles. The SMILES string of the molecule is COc1cccc(CN(C(=O)CSCc2ccccc2)[C@H](Cc2ccccc2)C(=O)NC(C)C)c1. The number of methoxy groups -OCH3 is 1. The van der Waals surface area contributed by atoms with Crippen molar-refractivity contribution in [3.63, 3.8) is 0 Å². The molecule has 1 N–H and O–H groups in total. The molecule has 0 radical (unpaired) electrons. The van der Waals surface area contributed by atoms with E-state index in [1.165, 1.54) is 5.56 Å². The van der Waals surface area contributed by atoms with Gasteiger partial charge in [-0.3, -0.25) is 9.59 Å². The van der Waals surface area contributed by atoms with E-state index in [0.29, 0.717) is 18.7 Å². The van der Waals surface area contributed by atoms with Gasteiger partial charge in [0.15, 0.2) is 0 Å². The molecule has 3 aromatic carbocycles. The number of hydrogen-bond donors (Lipinski definition) is 1. The number of rotatable bonds is 12. The number of benzene rings is 3. The van der Waals surface area contributed by atoms with Crippen LogP contribution in [0.4, 0.5) is 0 Å². The molecule has 3 rings (SSSR count). The van der Waals surface area contributed by atoms with Crippen molar-refractivity contribution in [3.05, 3.63) is 102 Å². The average Bonchev–Trinajstić information content (AvgIpc) is 2.87. The largest absolute Gasteiger partial charge is 0.497 e. The van der Waals surface area contributed by atoms with Crippen molar-refractivity contribution in [2.45, 2.75) is 44.6 Å². The molecular formula is C29H34N2O3S. The van der Waals surface area contributed by atoms with Crippen molar-refractivity contribution in [3.8, 4) is 5.75 Å². The van der Waals surface area contributed by atoms with E-state index in [-0.39, 0.29) is 17.9 Å². The maximum atomic E-state index is 13.6. The molecule has 0 spiro atoms. The van der Waals surface area contributed by atoms with Gasteiger partial charge in [-0.25, -0.2) is 0 Å². The Morgan fingerprint density at radius 1 is 0.886 bits per heavy atom. The summed E-state index contributed by atoms with van der Waals surface area (Å²) < 4.78 is 5.38. The zero-order chi connectivity index (χ0) is 25.0. The third-order valence-corrected chi connectivity index (χ3v) is 6.51. The van der Waals surface area contributed by atoms with Crippen LogP contribution in [-0.4, -0.2) is 41.7 Å². The van der Waals surface area contributed by atoms with Crippen LogP contribution in [0.2, 0.25) is 0 Å². The Balaban J connectivity index is 1.86. The zero-order valence-corrected chi connectivity index (χ0v) is 21.5. The lowest BCUT2D eigenvalue weighted by Crippen LogP contribution is -2.52. The summed E-state index contributed by atoms with van der Waals surface area (Å²) >= 11 is 1.56. The number of nitrogens with zero attached hydrogens (tertiary/aromatic N) is 1. The van der Waals surface area contributed by atoms with Gasteiger partial charge >= 0.3 is 0 Å². The Morgan fingerprint density at radius 3 is 2.14 bits per heavy atom. The smallest absolute Gasteiger partial charge is 0.243 e. The average molecular weight is 491 g/mol. The first kappa shape index (κ1) is 26.4. The number of thioether (sulfide) groups is 1. The molecule has 0 bridgehead atoms. The summed E-state index contributed by atoms with van der Waals surface area (Å²) in [6, 6.07) is 26.9. The second kappa shape index (κ2) is 13.6. The van der Waals surface area contributed by atoms with Crippen LogP contribution < -0.4 is 10.1 Å². The molecule has 184 valence electrons. The fourth-order valence-electron chi connectivity index (χ4n) is 3.82. The normalized spacial score (nSPS) is 11.7. The summed E-state index contributed by atoms with van der Waals surface area (Å²) in [5, 5.41) is 3.02. The predicted molar refractivity (Wildman–Crippen MR) is 143 cm³/mol. The fourth-order valence-corrected chi connectivity index (χ4v) is 4.69. The molecule has 0 heterocycles. The third kappa shape index (κ3) is 8.48. The van der Waals surface area contributed by atoms with Crippen molar-refractivity contribution in [2.75, 3.05) is 12.9 Å². The summed E-state index contributed by atoms with van der Waals surface area (Å²) in [4.78, 5) is 28.7. The topological polar surface area (TPSA) is 58.6 Å². The molecule has 0 aromatic heterocycles. The standard InChI is InChI=1S/C29H34N2O3S/c1-22(2)30-29(33)27(18-23-11-6-4-7-12-23)31(19-25-15-10-16-26(17-25)34-3)28(32)21-35-20-24-13-8-5-9-14-24/h4-17,22,27H,18-21H2,1-3H3,(H,30,33)/t27-/m1/s1. The first-order chi connectivity index (χ1) is 17.0. The minimum Gasteiger partial charge on any atom is -0.497 e. The van der Waals surface area contributed by atoms with Crippen LogP contribution in [0.5, 0.6) is 5.75 Å². The van der Waals surface area contributed by atoms with Crippen LogP contribution in [0.25, 0.3) is 0 Å². The van der Waals surface area contributed by atoms with Gasteiger partial charge in [-0.1, -0.05) is 72.8 Å². The first-order valence-electron chi connectivity index (χ1n) is 11.8. The van der Waals surface area contributed by atoms with Crippen molar-refractivity contribution >= 4 is 23.6 Å². The zero-order valence-electron chi connectivity index (χ0n) is 20.6. The number of nitrogens with one attached hydrogen (secondary N) is 1. The van der Waals surface area contributed by atoms with E-state index < -0.39 is 6.04 Å². The highest BCUT2D eigenvalue weighted by molar-refractivity contribution is 7.99. The lowest BCUT2D eigenvalue weighted by atomic mass is 10.0. The van der Waals surface area contributed by atoms with E-state index in [0.717, 1.165) is 22.6 Å². The first-order valence-corrected chi connectivity index (χ1v) is 13.0. The van der Waals surface area contributed by atoms with Crippen LogP contribution in [0, 0.1) is 0 Å². The lowest BCUT2D eigenvalue weighted by Gasteiger charge is -2.32. The second-order valence-corrected chi connectivity index (χ2v) is 9.71. The van der Waals surface area contributed by atoms with Gasteiger partial charge in [-0.15, -0.1) is 11.8 Å². The van der Waals surface area contributed by atoms with E-state index in [9.17, 15) is 9.59 Å². The summed E-state index contributed by atoms with van der Waals surface area (Å²) in [6.07, 6.45) is 0.443. The minimum atomic E-state index is -0.629. The number of ether oxygens (including phenoxy) is 1. The highest BCUT2D eigenvalue weighted by atomic mass is 32.2. The summed E-state index contributed by atoms with van der Waals surface area (Å²) in [7, 11) is 1.62. The molecule has 0 unspecified atom stereocenters. The molecule has 0 aliphatic carbocycles. The number of amides is 2. The van der Waals surface area contributed by atoms with Gasteiger partial charge in [-0.2, -0.15) is 0 Å². The van der Waals surface area contributed by atoms with Crippen LogP contribution >= 0.6 is 11.8 Å². The van der Waals surface area contributed by atoms with Gasteiger partial charge < -0.3 is 15.0 Å². The fraction of sp³-hybridized carbons (Fsp3) is 0.310. The van der Waals surface area contributed by atoms with E-state index in [1.54, 1.807) is 23.8 Å². The monoisotopic (exact) mass is 490 g/mol. The van der Waals surface area contributed by atoms with Gasteiger partial charge in [-0.05, 0) is 42.7 Å².